The minimum absolute atomic E-state index is 0.209. The molecule has 0 aromatic heterocycles. The zero-order valence-corrected chi connectivity index (χ0v) is 15.0. The Morgan fingerprint density at radius 2 is 1.80 bits per heavy atom. The van der Waals surface area contributed by atoms with Crippen molar-refractivity contribution in [3.8, 4) is 0 Å². The van der Waals surface area contributed by atoms with Crippen molar-refractivity contribution in [3.05, 3.63) is 69.7 Å². The summed E-state index contributed by atoms with van der Waals surface area (Å²) in [4.78, 5) is 11.0. The van der Waals surface area contributed by atoms with Gasteiger partial charge in [0.1, 0.15) is 0 Å². The molecule has 134 valence electrons. The van der Waals surface area contributed by atoms with Crippen LogP contribution in [0.5, 0.6) is 0 Å². The molecule has 0 heterocycles. The maximum Gasteiger partial charge on any atom is 0.404 e. The summed E-state index contributed by atoms with van der Waals surface area (Å²) in [6.07, 6.45) is -1.67. The monoisotopic (exact) mass is 382 g/mol. The van der Waals surface area contributed by atoms with Crippen molar-refractivity contribution in [2.24, 2.45) is 0 Å². The van der Waals surface area contributed by atoms with Crippen molar-refractivity contribution >= 4 is 29.3 Å². The fourth-order valence-corrected chi connectivity index (χ4v) is 2.88. The predicted octanol–water partition coefficient (Wildman–Crippen LogP) is 3.32. The highest BCUT2D eigenvalue weighted by molar-refractivity contribution is 6.42. The molecule has 0 unspecified atom stereocenters. The molecule has 7 heteroatoms. The van der Waals surface area contributed by atoms with E-state index in [4.69, 9.17) is 28.3 Å². The fraction of sp³-hybridized carbons (Fsp3) is 0.278. The maximum absolute atomic E-state index is 11.0. The highest BCUT2D eigenvalue weighted by Crippen LogP contribution is 2.25. The van der Waals surface area contributed by atoms with Crippen LogP contribution in [0.3, 0.4) is 0 Å². The lowest BCUT2D eigenvalue weighted by Gasteiger charge is -2.23. The van der Waals surface area contributed by atoms with Crippen LogP contribution in [0.25, 0.3) is 0 Å². The van der Waals surface area contributed by atoms with Gasteiger partial charge in [-0.3, -0.25) is 0 Å². The molecule has 0 aliphatic carbocycles. The first-order valence-electron chi connectivity index (χ1n) is 7.82. The number of nitrogens with one attached hydrogen (secondary N) is 2. The molecule has 0 aliphatic heterocycles. The molecular formula is C18H20Cl2N2O3. The van der Waals surface area contributed by atoms with Gasteiger partial charge >= 0.3 is 6.09 Å². The third-order valence-electron chi connectivity index (χ3n) is 3.77. The Morgan fingerprint density at radius 1 is 1.08 bits per heavy atom. The number of amides is 1. The summed E-state index contributed by atoms with van der Waals surface area (Å²) in [5.74, 6) is 0. The number of aliphatic hydroxyl groups excluding tert-OH is 1. The van der Waals surface area contributed by atoms with Gasteiger partial charge in [-0.15, -0.1) is 0 Å². The van der Waals surface area contributed by atoms with Crippen molar-refractivity contribution in [2.45, 2.75) is 25.1 Å². The number of hydrogen-bond acceptors (Lipinski definition) is 3. The van der Waals surface area contributed by atoms with Gasteiger partial charge in [-0.05, 0) is 23.6 Å². The average Bonchev–Trinajstić information content (AvgIpc) is 2.58. The molecule has 0 bridgehead atoms. The van der Waals surface area contributed by atoms with Gasteiger partial charge in [0.25, 0.3) is 0 Å². The summed E-state index contributed by atoms with van der Waals surface area (Å²) in [6, 6.07) is 14.1. The molecule has 2 rings (SSSR count). The third kappa shape index (κ3) is 6.21. The number of carboxylic acid groups (broad SMARTS) is 1. The van der Waals surface area contributed by atoms with Crippen LogP contribution in [-0.4, -0.2) is 35.0 Å². The van der Waals surface area contributed by atoms with Gasteiger partial charge < -0.3 is 20.8 Å². The first-order chi connectivity index (χ1) is 12.0. The van der Waals surface area contributed by atoms with Gasteiger partial charge in [0.2, 0.25) is 0 Å². The molecule has 1 amide bonds. The van der Waals surface area contributed by atoms with E-state index in [1.54, 1.807) is 12.1 Å². The van der Waals surface area contributed by atoms with Crippen molar-refractivity contribution in [1.82, 2.24) is 10.6 Å². The Balaban J connectivity index is 1.93. The molecule has 25 heavy (non-hydrogen) atoms. The van der Waals surface area contributed by atoms with Crippen molar-refractivity contribution < 1.29 is 15.0 Å². The Kier molecular flexibility index (Phi) is 7.52. The number of halogens is 2. The largest absolute Gasteiger partial charge is 0.465 e. The number of rotatable bonds is 8. The van der Waals surface area contributed by atoms with Crippen molar-refractivity contribution in [2.75, 3.05) is 6.54 Å². The van der Waals surface area contributed by atoms with E-state index in [1.165, 1.54) is 0 Å². The average molecular weight is 383 g/mol. The highest BCUT2D eigenvalue weighted by Gasteiger charge is 2.21. The van der Waals surface area contributed by atoms with Gasteiger partial charge in [-0.25, -0.2) is 4.79 Å². The van der Waals surface area contributed by atoms with Crippen LogP contribution in [0.4, 0.5) is 4.79 Å². The second kappa shape index (κ2) is 9.63. The first kappa shape index (κ1) is 19.5. The molecule has 5 nitrogen and oxygen atoms in total. The van der Waals surface area contributed by atoms with Crippen molar-refractivity contribution in [3.63, 3.8) is 0 Å². The van der Waals surface area contributed by atoms with Gasteiger partial charge in [0.05, 0.1) is 22.2 Å². The molecule has 2 aromatic rings. The molecule has 0 aliphatic rings. The highest BCUT2D eigenvalue weighted by atomic mass is 35.5. The van der Waals surface area contributed by atoms with Crippen LogP contribution in [-0.2, 0) is 13.0 Å². The van der Waals surface area contributed by atoms with Crippen LogP contribution >= 0.6 is 23.2 Å². The lowest BCUT2D eigenvalue weighted by molar-refractivity contribution is 0.117. The van der Waals surface area contributed by atoms with E-state index < -0.39 is 18.2 Å². The molecule has 0 saturated carbocycles. The second-order valence-corrected chi connectivity index (χ2v) is 6.44. The van der Waals surface area contributed by atoms with E-state index in [-0.39, 0.29) is 6.54 Å². The van der Waals surface area contributed by atoms with Crippen LogP contribution in [0.1, 0.15) is 11.1 Å². The van der Waals surface area contributed by atoms with Gasteiger partial charge in [-0.1, -0.05) is 65.7 Å². The Labute approximate surface area is 156 Å². The molecule has 0 fully saturated rings. The predicted molar refractivity (Wildman–Crippen MR) is 99.3 cm³/mol. The minimum Gasteiger partial charge on any atom is -0.465 e. The van der Waals surface area contributed by atoms with Crippen LogP contribution in [0, 0.1) is 0 Å². The van der Waals surface area contributed by atoms with Gasteiger partial charge in [0.15, 0.2) is 0 Å². The fourth-order valence-electron chi connectivity index (χ4n) is 2.49. The van der Waals surface area contributed by atoms with Gasteiger partial charge in [0, 0.05) is 13.1 Å². The second-order valence-electron chi connectivity index (χ2n) is 5.66. The lowest BCUT2D eigenvalue weighted by atomic mass is 10.0. The topological polar surface area (TPSA) is 81.6 Å². The van der Waals surface area contributed by atoms with E-state index in [0.717, 1.165) is 11.1 Å². The van der Waals surface area contributed by atoms with Crippen LogP contribution in [0.2, 0.25) is 10.0 Å². The lowest BCUT2D eigenvalue weighted by Crippen LogP contribution is -2.48. The van der Waals surface area contributed by atoms with E-state index >= 15 is 0 Å². The summed E-state index contributed by atoms with van der Waals surface area (Å²) >= 11 is 12.1. The van der Waals surface area contributed by atoms with Crippen molar-refractivity contribution in [1.29, 1.82) is 0 Å². The minimum atomic E-state index is -1.17. The van der Waals surface area contributed by atoms with E-state index in [2.05, 4.69) is 10.6 Å². The summed E-state index contributed by atoms with van der Waals surface area (Å²) < 4.78 is 0. The zero-order chi connectivity index (χ0) is 18.2. The Hall–Kier alpha value is -1.79. The summed E-state index contributed by atoms with van der Waals surface area (Å²) in [5, 5.41) is 25.8. The number of carbonyl (C=O) groups is 1. The maximum atomic E-state index is 11.0. The molecule has 0 radical (unpaired) electrons. The standard InChI is InChI=1S/C18H20Cl2N2O3/c19-14-8-4-7-13(17(14)20)10-21-11-16(23)15(22-18(24)25)9-12-5-2-1-3-6-12/h1-8,15-16,21-23H,9-11H2,(H,24,25)/t15-,16-/m0/s1. The molecular weight excluding hydrogens is 363 g/mol. The molecule has 2 atom stereocenters. The summed E-state index contributed by atoms with van der Waals surface area (Å²) in [6.45, 7) is 0.627. The van der Waals surface area contributed by atoms with Crippen LogP contribution < -0.4 is 10.6 Å². The zero-order valence-electron chi connectivity index (χ0n) is 13.5. The number of aliphatic hydroxyl groups is 1. The van der Waals surface area contributed by atoms with Gasteiger partial charge in [-0.2, -0.15) is 0 Å². The van der Waals surface area contributed by atoms with E-state index in [1.807, 2.05) is 36.4 Å². The number of benzene rings is 2. The Morgan fingerprint density at radius 3 is 2.48 bits per heavy atom. The first-order valence-corrected chi connectivity index (χ1v) is 8.58. The summed E-state index contributed by atoms with van der Waals surface area (Å²) in [5.41, 5.74) is 1.75. The molecule has 0 saturated heterocycles. The van der Waals surface area contributed by atoms with E-state index in [9.17, 15) is 9.90 Å². The SMILES string of the molecule is O=C(O)N[C@@H](Cc1ccccc1)[C@@H](O)CNCc1cccc(Cl)c1Cl. The summed E-state index contributed by atoms with van der Waals surface area (Å²) in [7, 11) is 0. The normalized spacial score (nSPS) is 13.2. The number of hydrogen-bond donors (Lipinski definition) is 4. The quantitative estimate of drug-likeness (QED) is 0.564. The van der Waals surface area contributed by atoms with Crippen LogP contribution in [0.15, 0.2) is 48.5 Å². The Bertz CT molecular complexity index is 698. The van der Waals surface area contributed by atoms with E-state index in [0.29, 0.717) is 23.0 Å². The molecule has 4 N–H and O–H groups in total. The molecule has 0 spiro atoms. The third-order valence-corrected chi connectivity index (χ3v) is 4.63. The smallest absolute Gasteiger partial charge is 0.404 e. The molecule has 2 aromatic carbocycles.